The van der Waals surface area contributed by atoms with E-state index in [-0.39, 0.29) is 18.4 Å². The van der Waals surface area contributed by atoms with Crippen LogP contribution in [0.2, 0.25) is 0 Å². The van der Waals surface area contributed by atoms with Crippen molar-refractivity contribution in [2.45, 2.75) is 27.3 Å². The maximum atomic E-state index is 12.3. The topological polar surface area (TPSA) is 49.4 Å². The molecule has 0 bridgehead atoms. The third-order valence-corrected chi connectivity index (χ3v) is 4.45. The van der Waals surface area contributed by atoms with E-state index in [1.54, 1.807) is 0 Å². The van der Waals surface area contributed by atoms with Crippen LogP contribution in [0.1, 0.15) is 23.6 Å². The molecule has 0 heterocycles. The van der Waals surface area contributed by atoms with Gasteiger partial charge in [-0.1, -0.05) is 30.3 Å². The molecule has 0 spiro atoms. The number of nitrogens with one attached hydrogen (secondary N) is 1. The van der Waals surface area contributed by atoms with Crippen LogP contribution in [0.5, 0.6) is 0 Å². The predicted molar refractivity (Wildman–Crippen MR) is 99.9 cm³/mol. The molecular weight excluding hydrogens is 368 g/mol. The largest absolute Gasteiger partial charge is 0.350 e. The van der Waals surface area contributed by atoms with E-state index in [0.29, 0.717) is 12.2 Å². The van der Waals surface area contributed by atoms with Crippen molar-refractivity contribution in [1.29, 1.82) is 0 Å². The molecule has 0 saturated heterocycles. The molecule has 0 aromatic heterocycles. The van der Waals surface area contributed by atoms with Gasteiger partial charge in [0.1, 0.15) is 6.54 Å². The van der Waals surface area contributed by atoms with Crippen LogP contribution in [0.3, 0.4) is 0 Å². The summed E-state index contributed by atoms with van der Waals surface area (Å²) < 4.78 is 0.796. The van der Waals surface area contributed by atoms with Crippen LogP contribution in [-0.4, -0.2) is 18.4 Å². The molecule has 1 N–H and O–H groups in total. The Bertz CT molecular complexity index is 759. The number of hydrogen-bond acceptors (Lipinski definition) is 2. The highest BCUT2D eigenvalue weighted by molar-refractivity contribution is 9.10. The van der Waals surface area contributed by atoms with Crippen molar-refractivity contribution in [1.82, 2.24) is 5.32 Å². The number of nitrogens with zero attached hydrogens (tertiary/aromatic N) is 1. The van der Waals surface area contributed by atoms with Gasteiger partial charge in [0.15, 0.2) is 0 Å². The van der Waals surface area contributed by atoms with Gasteiger partial charge < -0.3 is 10.2 Å². The van der Waals surface area contributed by atoms with Gasteiger partial charge in [0.25, 0.3) is 0 Å². The van der Waals surface area contributed by atoms with Crippen LogP contribution in [0.4, 0.5) is 5.69 Å². The normalized spacial score (nSPS) is 10.3. The Morgan fingerprint density at radius 2 is 1.83 bits per heavy atom. The van der Waals surface area contributed by atoms with Crippen molar-refractivity contribution < 1.29 is 9.59 Å². The second-order valence-corrected chi connectivity index (χ2v) is 6.62. The minimum atomic E-state index is -0.194. The number of carbonyl (C=O) groups excluding carboxylic acids is 2. The monoisotopic (exact) mass is 388 g/mol. The number of amides is 2. The highest BCUT2D eigenvalue weighted by atomic mass is 79.9. The molecule has 0 aliphatic carbocycles. The first-order valence-electron chi connectivity index (χ1n) is 7.74. The quantitative estimate of drug-likeness (QED) is 0.847. The highest BCUT2D eigenvalue weighted by Gasteiger charge is 2.18. The molecule has 5 heteroatoms. The fourth-order valence-corrected chi connectivity index (χ4v) is 3.11. The average Bonchev–Trinajstić information content (AvgIpc) is 2.52. The number of benzene rings is 2. The molecule has 2 aromatic rings. The van der Waals surface area contributed by atoms with E-state index in [0.717, 1.165) is 21.2 Å². The molecule has 126 valence electrons. The van der Waals surface area contributed by atoms with Crippen LogP contribution in [0, 0.1) is 13.8 Å². The molecule has 0 saturated carbocycles. The minimum absolute atomic E-state index is 0.0110. The number of hydrogen-bond donors (Lipinski definition) is 1. The maximum Gasteiger partial charge on any atom is 0.240 e. The fourth-order valence-electron chi connectivity index (χ4n) is 2.40. The van der Waals surface area contributed by atoms with Gasteiger partial charge in [0.2, 0.25) is 11.8 Å². The Labute approximate surface area is 151 Å². The maximum absolute atomic E-state index is 12.3. The Hall–Kier alpha value is -2.14. The summed E-state index contributed by atoms with van der Waals surface area (Å²) in [7, 11) is 0. The summed E-state index contributed by atoms with van der Waals surface area (Å²) in [5.74, 6) is -0.369. The third-order valence-electron chi connectivity index (χ3n) is 3.81. The van der Waals surface area contributed by atoms with E-state index in [4.69, 9.17) is 0 Å². The van der Waals surface area contributed by atoms with Crippen LogP contribution in [0.15, 0.2) is 46.9 Å². The lowest BCUT2D eigenvalue weighted by atomic mass is 10.1. The Kier molecular flexibility index (Phi) is 6.15. The van der Waals surface area contributed by atoms with Gasteiger partial charge in [-0.25, -0.2) is 0 Å². The molecule has 0 atom stereocenters. The van der Waals surface area contributed by atoms with E-state index in [2.05, 4.69) is 21.2 Å². The zero-order chi connectivity index (χ0) is 17.7. The summed E-state index contributed by atoms with van der Waals surface area (Å²) in [5.41, 5.74) is 3.97. The Balaban J connectivity index is 2.06. The number of halogens is 1. The Morgan fingerprint density at radius 1 is 1.12 bits per heavy atom. The second-order valence-electron chi connectivity index (χ2n) is 5.76. The lowest BCUT2D eigenvalue weighted by Crippen LogP contribution is -2.39. The zero-order valence-electron chi connectivity index (χ0n) is 14.1. The van der Waals surface area contributed by atoms with E-state index in [1.807, 2.05) is 56.3 Å². The van der Waals surface area contributed by atoms with Crippen LogP contribution < -0.4 is 10.2 Å². The smallest absolute Gasteiger partial charge is 0.240 e. The lowest BCUT2D eigenvalue weighted by Gasteiger charge is -2.22. The molecule has 2 amide bonds. The second kappa shape index (κ2) is 8.11. The molecule has 0 unspecified atom stereocenters. The average molecular weight is 389 g/mol. The van der Waals surface area contributed by atoms with Crippen molar-refractivity contribution in [3.05, 3.63) is 63.6 Å². The van der Waals surface area contributed by atoms with Gasteiger partial charge in [0.05, 0.1) is 5.69 Å². The summed E-state index contributed by atoms with van der Waals surface area (Å²) in [6, 6.07) is 13.6. The molecule has 4 nitrogen and oxygen atoms in total. The van der Waals surface area contributed by atoms with Gasteiger partial charge in [-0.2, -0.15) is 0 Å². The van der Waals surface area contributed by atoms with E-state index in [9.17, 15) is 9.59 Å². The molecule has 0 fully saturated rings. The first-order chi connectivity index (χ1) is 11.4. The number of aryl methyl sites for hydroxylation is 2. The molecular formula is C19H21BrN2O2. The SMILES string of the molecule is CC(=O)N(CC(=O)NCc1ccccc1C)c1ccc(C)cc1Br. The molecule has 2 rings (SSSR count). The summed E-state index contributed by atoms with van der Waals surface area (Å²) >= 11 is 3.47. The van der Waals surface area contributed by atoms with E-state index in [1.165, 1.54) is 11.8 Å². The summed E-state index contributed by atoms with van der Waals surface area (Å²) in [5, 5.41) is 2.88. The predicted octanol–water partition coefficient (Wildman–Crippen LogP) is 3.74. The summed E-state index contributed by atoms with van der Waals surface area (Å²) in [4.78, 5) is 25.7. The first kappa shape index (κ1) is 18.2. The molecule has 24 heavy (non-hydrogen) atoms. The molecule has 0 aliphatic heterocycles. The van der Waals surface area contributed by atoms with Gasteiger partial charge in [0, 0.05) is 17.9 Å². The van der Waals surface area contributed by atoms with Gasteiger partial charge >= 0.3 is 0 Å². The Morgan fingerprint density at radius 3 is 2.46 bits per heavy atom. The van der Waals surface area contributed by atoms with Crippen molar-refractivity contribution in [2.75, 3.05) is 11.4 Å². The van der Waals surface area contributed by atoms with E-state index >= 15 is 0 Å². The standard InChI is InChI=1S/C19H21BrN2O2/c1-13-8-9-18(17(20)10-13)22(15(3)23)12-19(24)21-11-16-7-5-4-6-14(16)2/h4-10H,11-12H2,1-3H3,(H,21,24). The molecule has 2 aromatic carbocycles. The number of anilines is 1. The van der Waals surface area contributed by atoms with Crippen LogP contribution in [-0.2, 0) is 16.1 Å². The summed E-state index contributed by atoms with van der Waals surface area (Å²) in [6.45, 7) is 5.88. The van der Waals surface area contributed by atoms with Crippen molar-refractivity contribution in [3.8, 4) is 0 Å². The van der Waals surface area contributed by atoms with Crippen molar-refractivity contribution >= 4 is 33.4 Å². The van der Waals surface area contributed by atoms with Crippen molar-refractivity contribution in [3.63, 3.8) is 0 Å². The number of rotatable bonds is 5. The van der Waals surface area contributed by atoms with Gasteiger partial charge in [-0.3, -0.25) is 9.59 Å². The fraction of sp³-hybridized carbons (Fsp3) is 0.263. The van der Waals surface area contributed by atoms with Crippen molar-refractivity contribution in [2.24, 2.45) is 0 Å². The van der Waals surface area contributed by atoms with E-state index < -0.39 is 0 Å². The highest BCUT2D eigenvalue weighted by Crippen LogP contribution is 2.27. The first-order valence-corrected chi connectivity index (χ1v) is 8.53. The third kappa shape index (κ3) is 4.68. The molecule has 0 aliphatic rings. The van der Waals surface area contributed by atoms with Gasteiger partial charge in [-0.15, -0.1) is 0 Å². The van der Waals surface area contributed by atoms with Crippen LogP contribution >= 0.6 is 15.9 Å². The van der Waals surface area contributed by atoms with Crippen LogP contribution in [0.25, 0.3) is 0 Å². The number of carbonyl (C=O) groups is 2. The molecule has 0 radical (unpaired) electrons. The zero-order valence-corrected chi connectivity index (χ0v) is 15.7. The summed E-state index contributed by atoms with van der Waals surface area (Å²) in [6.07, 6.45) is 0. The lowest BCUT2D eigenvalue weighted by molar-refractivity contribution is -0.123. The minimum Gasteiger partial charge on any atom is -0.350 e. The van der Waals surface area contributed by atoms with Gasteiger partial charge in [-0.05, 0) is 58.6 Å².